The Morgan fingerprint density at radius 3 is 2.50 bits per heavy atom. The van der Waals surface area contributed by atoms with E-state index in [-0.39, 0.29) is 0 Å². The molecule has 0 radical (unpaired) electrons. The first-order chi connectivity index (χ1) is 5.67. The molecule has 0 heterocycles. The van der Waals surface area contributed by atoms with Crippen molar-refractivity contribution in [2.45, 2.75) is 10.5 Å². The lowest BCUT2D eigenvalue weighted by molar-refractivity contribution is 0.558. The number of halogens is 1. The molecule has 1 aromatic carbocycles. The molecule has 0 bridgehead atoms. The van der Waals surface area contributed by atoms with Crippen LogP contribution < -0.4 is 0 Å². The van der Waals surface area contributed by atoms with Crippen molar-refractivity contribution < 1.29 is 4.79 Å². The van der Waals surface area contributed by atoms with E-state index < -0.39 is 3.55 Å². The average Bonchev–Trinajstić information content (AvgIpc) is 2.06. The van der Waals surface area contributed by atoms with E-state index in [9.17, 15) is 4.79 Å². The van der Waals surface area contributed by atoms with Crippen molar-refractivity contribution in [1.82, 2.24) is 0 Å². The SMILES string of the molecule is C[C@@](I)(N=C=O)c1ccccc1. The van der Waals surface area contributed by atoms with Gasteiger partial charge in [-0.25, -0.2) is 4.79 Å². The number of rotatable bonds is 2. The molecule has 12 heavy (non-hydrogen) atoms. The standard InChI is InChI=1S/C9H8INO/c1-9(10,11-7-12)8-5-3-2-4-6-8/h2-6H,1H3/t9-/m1/s1. The van der Waals surface area contributed by atoms with Crippen molar-refractivity contribution in [2.24, 2.45) is 4.99 Å². The summed E-state index contributed by atoms with van der Waals surface area (Å²) in [4.78, 5) is 13.8. The van der Waals surface area contributed by atoms with Crippen LogP contribution in [0.4, 0.5) is 0 Å². The van der Waals surface area contributed by atoms with Crippen LogP contribution in [0.1, 0.15) is 12.5 Å². The zero-order valence-corrected chi connectivity index (χ0v) is 8.78. The predicted octanol–water partition coefficient (Wildman–Crippen LogP) is 2.63. The molecule has 1 rings (SSSR count). The van der Waals surface area contributed by atoms with Gasteiger partial charge in [0.15, 0.2) is 0 Å². The van der Waals surface area contributed by atoms with Crippen LogP contribution in [0.15, 0.2) is 35.3 Å². The summed E-state index contributed by atoms with van der Waals surface area (Å²) >= 11 is 2.11. The Labute approximate surface area is 84.8 Å². The Morgan fingerprint density at radius 1 is 1.42 bits per heavy atom. The van der Waals surface area contributed by atoms with Gasteiger partial charge in [-0.1, -0.05) is 30.3 Å². The molecule has 62 valence electrons. The van der Waals surface area contributed by atoms with Gasteiger partial charge in [-0.3, -0.25) is 0 Å². The molecule has 0 saturated heterocycles. The maximum absolute atomic E-state index is 10.1. The molecule has 0 saturated carbocycles. The molecule has 0 unspecified atom stereocenters. The van der Waals surface area contributed by atoms with E-state index in [1.807, 2.05) is 37.3 Å². The van der Waals surface area contributed by atoms with Crippen molar-refractivity contribution >= 4 is 28.7 Å². The highest BCUT2D eigenvalue weighted by Gasteiger charge is 2.20. The second kappa shape index (κ2) is 3.83. The van der Waals surface area contributed by atoms with E-state index >= 15 is 0 Å². The third-order valence-corrected chi connectivity index (χ3v) is 2.42. The molecule has 0 aliphatic rings. The third kappa shape index (κ3) is 2.16. The Morgan fingerprint density at radius 2 is 2.00 bits per heavy atom. The van der Waals surface area contributed by atoms with Gasteiger partial charge < -0.3 is 0 Å². The van der Waals surface area contributed by atoms with E-state index in [4.69, 9.17) is 0 Å². The summed E-state index contributed by atoms with van der Waals surface area (Å²) in [5, 5.41) is 0. The zero-order valence-electron chi connectivity index (χ0n) is 6.62. The molecule has 2 nitrogen and oxygen atoms in total. The molecular weight excluding hydrogens is 265 g/mol. The smallest absolute Gasteiger partial charge is 0.211 e. The van der Waals surface area contributed by atoms with Crippen molar-refractivity contribution in [2.75, 3.05) is 0 Å². The minimum Gasteiger partial charge on any atom is -0.211 e. The van der Waals surface area contributed by atoms with E-state index in [2.05, 4.69) is 27.6 Å². The fourth-order valence-corrected chi connectivity index (χ4v) is 1.35. The lowest BCUT2D eigenvalue weighted by Gasteiger charge is -2.14. The highest BCUT2D eigenvalue weighted by molar-refractivity contribution is 14.1. The normalized spacial score (nSPS) is 14.5. The maximum Gasteiger partial charge on any atom is 0.236 e. The topological polar surface area (TPSA) is 29.4 Å². The average molecular weight is 273 g/mol. The molecular formula is C9H8INO. The van der Waals surface area contributed by atoms with Gasteiger partial charge in [0.1, 0.15) is 3.55 Å². The van der Waals surface area contributed by atoms with Crippen LogP contribution in [0.5, 0.6) is 0 Å². The number of hydrogen-bond donors (Lipinski definition) is 0. The fraction of sp³-hybridized carbons (Fsp3) is 0.222. The second-order valence-electron chi connectivity index (χ2n) is 2.52. The predicted molar refractivity (Wildman–Crippen MR) is 55.9 cm³/mol. The number of alkyl halides is 1. The molecule has 0 fully saturated rings. The first kappa shape index (κ1) is 9.42. The Hall–Kier alpha value is -0.670. The first-order valence-electron chi connectivity index (χ1n) is 3.50. The minimum absolute atomic E-state index is 0.485. The lowest BCUT2D eigenvalue weighted by atomic mass is 10.1. The van der Waals surface area contributed by atoms with Crippen LogP contribution in [-0.4, -0.2) is 6.08 Å². The summed E-state index contributed by atoms with van der Waals surface area (Å²) in [7, 11) is 0. The van der Waals surface area contributed by atoms with Crippen molar-refractivity contribution in [3.63, 3.8) is 0 Å². The summed E-state index contributed by atoms with van der Waals surface area (Å²) in [6.07, 6.45) is 1.57. The Bertz CT molecular complexity index is 302. The number of benzene rings is 1. The van der Waals surface area contributed by atoms with Gasteiger partial charge in [-0.05, 0) is 35.1 Å². The van der Waals surface area contributed by atoms with Crippen LogP contribution in [0, 0.1) is 0 Å². The van der Waals surface area contributed by atoms with Crippen molar-refractivity contribution in [3.05, 3.63) is 35.9 Å². The largest absolute Gasteiger partial charge is 0.236 e. The van der Waals surface area contributed by atoms with Crippen LogP contribution >= 0.6 is 22.6 Å². The third-order valence-electron chi connectivity index (χ3n) is 1.56. The molecule has 1 atom stereocenters. The number of aliphatic imine (C=N–C) groups is 1. The van der Waals surface area contributed by atoms with Gasteiger partial charge in [-0.2, -0.15) is 4.99 Å². The van der Waals surface area contributed by atoms with Gasteiger partial charge >= 0.3 is 0 Å². The molecule has 0 spiro atoms. The number of carbonyl (C=O) groups excluding carboxylic acids is 1. The molecule has 0 amide bonds. The van der Waals surface area contributed by atoms with E-state index in [0.717, 1.165) is 5.56 Å². The number of isocyanates is 1. The van der Waals surface area contributed by atoms with Crippen LogP contribution in [0.2, 0.25) is 0 Å². The second-order valence-corrected chi connectivity index (χ2v) is 4.62. The van der Waals surface area contributed by atoms with E-state index in [0.29, 0.717) is 0 Å². The van der Waals surface area contributed by atoms with Gasteiger partial charge in [0, 0.05) is 0 Å². The van der Waals surface area contributed by atoms with Crippen LogP contribution in [0.3, 0.4) is 0 Å². The van der Waals surface area contributed by atoms with E-state index in [1.165, 1.54) is 0 Å². The lowest BCUT2D eigenvalue weighted by Crippen LogP contribution is -2.07. The maximum atomic E-state index is 10.1. The number of nitrogens with zero attached hydrogens (tertiary/aromatic N) is 1. The van der Waals surface area contributed by atoms with Crippen molar-refractivity contribution in [1.29, 1.82) is 0 Å². The minimum atomic E-state index is -0.485. The quantitative estimate of drug-likeness (QED) is 0.268. The highest BCUT2D eigenvalue weighted by Crippen LogP contribution is 2.31. The highest BCUT2D eigenvalue weighted by atomic mass is 127. The van der Waals surface area contributed by atoms with Gasteiger partial charge in [0.2, 0.25) is 6.08 Å². The summed E-state index contributed by atoms with van der Waals surface area (Å²) in [6, 6.07) is 9.65. The molecule has 1 aromatic rings. The van der Waals surface area contributed by atoms with Crippen LogP contribution in [0.25, 0.3) is 0 Å². The van der Waals surface area contributed by atoms with Crippen molar-refractivity contribution in [3.8, 4) is 0 Å². The summed E-state index contributed by atoms with van der Waals surface area (Å²) in [5.74, 6) is 0. The monoisotopic (exact) mass is 273 g/mol. The Balaban J connectivity index is 3.05. The Kier molecular flexibility index (Phi) is 3.00. The molecule has 0 aliphatic carbocycles. The fourth-order valence-electron chi connectivity index (χ4n) is 0.893. The summed E-state index contributed by atoms with van der Waals surface area (Å²) in [5.41, 5.74) is 1.01. The van der Waals surface area contributed by atoms with E-state index in [1.54, 1.807) is 6.08 Å². The summed E-state index contributed by atoms with van der Waals surface area (Å²) < 4.78 is -0.485. The van der Waals surface area contributed by atoms with Crippen LogP contribution in [-0.2, 0) is 8.34 Å². The van der Waals surface area contributed by atoms with Gasteiger partial charge in [0.05, 0.1) is 0 Å². The number of hydrogen-bond acceptors (Lipinski definition) is 2. The first-order valence-corrected chi connectivity index (χ1v) is 4.58. The molecule has 3 heteroatoms. The van der Waals surface area contributed by atoms with Gasteiger partial charge in [0.25, 0.3) is 0 Å². The zero-order chi connectivity index (χ0) is 9.03. The molecule has 0 aliphatic heterocycles. The molecule has 0 aromatic heterocycles. The molecule has 0 N–H and O–H groups in total. The summed E-state index contributed by atoms with van der Waals surface area (Å²) in [6.45, 7) is 1.87. The van der Waals surface area contributed by atoms with Gasteiger partial charge in [-0.15, -0.1) is 0 Å².